The first-order valence-corrected chi connectivity index (χ1v) is 10.4. The van der Waals surface area contributed by atoms with E-state index in [9.17, 15) is 9.90 Å². The summed E-state index contributed by atoms with van der Waals surface area (Å²) in [5.74, 6) is 0.456. The van der Waals surface area contributed by atoms with Crippen LogP contribution in [-0.2, 0) is 0 Å². The SMILES string of the molecule is O=C(NC1=C=Cc2ccc(Cl)cc2N1)N1CC=C(c2ncc([C@@H](O)CO)cc2Cl)CC1. The number of anilines is 1. The molecule has 2 aliphatic rings. The third-order valence-corrected chi connectivity index (χ3v) is 5.62. The third-order valence-electron chi connectivity index (χ3n) is 5.10. The van der Waals surface area contributed by atoms with Gasteiger partial charge in [0.25, 0.3) is 0 Å². The Morgan fingerprint density at radius 3 is 2.90 bits per heavy atom. The molecule has 2 amide bonds. The number of amides is 2. The number of nitrogens with zero attached hydrogens (tertiary/aromatic N) is 2. The van der Waals surface area contributed by atoms with Crippen LogP contribution in [0.3, 0.4) is 0 Å². The molecule has 160 valence electrons. The van der Waals surface area contributed by atoms with E-state index in [1.165, 1.54) is 6.20 Å². The van der Waals surface area contributed by atoms with Crippen molar-refractivity contribution < 1.29 is 15.0 Å². The molecule has 1 atom stereocenters. The fraction of sp³-hybridized carbons (Fsp3) is 0.227. The van der Waals surface area contributed by atoms with Gasteiger partial charge in [0.05, 0.1) is 17.3 Å². The highest BCUT2D eigenvalue weighted by atomic mass is 35.5. The van der Waals surface area contributed by atoms with Crippen molar-refractivity contribution in [1.82, 2.24) is 15.2 Å². The fourth-order valence-corrected chi connectivity index (χ4v) is 3.85. The molecule has 0 bridgehead atoms. The van der Waals surface area contributed by atoms with Crippen molar-refractivity contribution in [3.05, 3.63) is 75.0 Å². The molecule has 0 saturated heterocycles. The van der Waals surface area contributed by atoms with Crippen LogP contribution in [-0.4, -0.2) is 45.8 Å². The summed E-state index contributed by atoms with van der Waals surface area (Å²) in [6, 6.07) is 6.82. The van der Waals surface area contributed by atoms with Crippen molar-refractivity contribution >= 4 is 46.6 Å². The molecule has 9 heteroatoms. The van der Waals surface area contributed by atoms with Gasteiger partial charge in [-0.1, -0.05) is 41.1 Å². The maximum Gasteiger partial charge on any atom is 0.323 e. The minimum Gasteiger partial charge on any atom is -0.393 e. The van der Waals surface area contributed by atoms with Crippen LogP contribution in [0.2, 0.25) is 10.0 Å². The summed E-state index contributed by atoms with van der Waals surface area (Å²) in [6.45, 7) is 0.499. The largest absolute Gasteiger partial charge is 0.393 e. The van der Waals surface area contributed by atoms with Crippen LogP contribution in [0.4, 0.5) is 10.5 Å². The van der Waals surface area contributed by atoms with Gasteiger partial charge in [0.2, 0.25) is 0 Å². The van der Waals surface area contributed by atoms with E-state index in [-0.39, 0.29) is 6.03 Å². The molecular formula is C22H20Cl2N4O3. The predicted octanol–water partition coefficient (Wildman–Crippen LogP) is 3.79. The molecule has 0 aliphatic carbocycles. The maximum absolute atomic E-state index is 12.7. The molecule has 0 fully saturated rings. The highest BCUT2D eigenvalue weighted by Gasteiger charge is 2.21. The number of benzene rings is 1. The molecule has 0 unspecified atom stereocenters. The number of nitrogens with one attached hydrogen (secondary N) is 2. The molecule has 0 saturated carbocycles. The van der Waals surface area contributed by atoms with E-state index < -0.39 is 12.7 Å². The fourth-order valence-electron chi connectivity index (χ4n) is 3.38. The average Bonchev–Trinajstić information content (AvgIpc) is 2.78. The second-order valence-electron chi connectivity index (χ2n) is 7.17. The number of hydrogen-bond donors (Lipinski definition) is 4. The minimum absolute atomic E-state index is 0.246. The zero-order chi connectivity index (χ0) is 22.0. The van der Waals surface area contributed by atoms with Gasteiger partial charge in [0.15, 0.2) is 5.82 Å². The number of aliphatic hydroxyl groups is 2. The number of carbonyl (C=O) groups excluding carboxylic acids is 1. The van der Waals surface area contributed by atoms with Crippen molar-refractivity contribution in [3.8, 4) is 0 Å². The van der Waals surface area contributed by atoms with Crippen LogP contribution >= 0.6 is 23.2 Å². The molecule has 1 aromatic heterocycles. The first kappa shape index (κ1) is 21.4. The van der Waals surface area contributed by atoms with Crippen LogP contribution in [0.25, 0.3) is 11.6 Å². The van der Waals surface area contributed by atoms with Gasteiger partial charge in [-0.15, -0.1) is 0 Å². The first-order valence-electron chi connectivity index (χ1n) is 9.67. The molecule has 2 aromatic rings. The van der Waals surface area contributed by atoms with Crippen molar-refractivity contribution in [2.45, 2.75) is 12.5 Å². The number of aromatic nitrogens is 1. The molecular weight excluding hydrogens is 439 g/mol. The second kappa shape index (κ2) is 9.14. The molecule has 1 aromatic carbocycles. The topological polar surface area (TPSA) is 97.7 Å². The van der Waals surface area contributed by atoms with Crippen molar-refractivity contribution in [3.63, 3.8) is 0 Å². The van der Waals surface area contributed by atoms with Crippen molar-refractivity contribution in [2.75, 3.05) is 25.0 Å². The summed E-state index contributed by atoms with van der Waals surface area (Å²) in [7, 11) is 0. The van der Waals surface area contributed by atoms with Gasteiger partial charge in [-0.05, 0) is 36.3 Å². The minimum atomic E-state index is -1.02. The lowest BCUT2D eigenvalue weighted by atomic mass is 10.0. The Morgan fingerprint density at radius 1 is 1.35 bits per heavy atom. The summed E-state index contributed by atoms with van der Waals surface area (Å²) in [5.41, 5.74) is 6.77. The van der Waals surface area contributed by atoms with Gasteiger partial charge in [-0.2, -0.15) is 0 Å². The van der Waals surface area contributed by atoms with Crippen LogP contribution in [0, 0.1) is 0 Å². The number of halogens is 2. The van der Waals surface area contributed by atoms with Gasteiger partial charge in [-0.25, -0.2) is 4.79 Å². The van der Waals surface area contributed by atoms with E-state index in [4.69, 9.17) is 28.3 Å². The van der Waals surface area contributed by atoms with E-state index in [0.29, 0.717) is 46.6 Å². The quantitative estimate of drug-likeness (QED) is 0.522. The lowest BCUT2D eigenvalue weighted by molar-refractivity contribution is 0.0953. The number of urea groups is 1. The molecule has 4 rings (SSSR count). The van der Waals surface area contributed by atoms with E-state index in [0.717, 1.165) is 16.8 Å². The Morgan fingerprint density at radius 2 is 2.19 bits per heavy atom. The van der Waals surface area contributed by atoms with Gasteiger partial charge >= 0.3 is 6.03 Å². The second-order valence-corrected chi connectivity index (χ2v) is 8.02. The van der Waals surface area contributed by atoms with E-state index >= 15 is 0 Å². The van der Waals surface area contributed by atoms with Crippen LogP contribution in [0.1, 0.15) is 29.3 Å². The Labute approximate surface area is 189 Å². The molecule has 7 nitrogen and oxygen atoms in total. The summed E-state index contributed by atoms with van der Waals surface area (Å²) in [4.78, 5) is 18.7. The normalized spacial score (nSPS) is 16.1. The lowest BCUT2D eigenvalue weighted by Gasteiger charge is -2.27. The van der Waals surface area contributed by atoms with Gasteiger partial charge in [0.1, 0.15) is 6.10 Å². The standard InChI is InChI=1S/C22H20Cl2N4O3/c23-16-3-1-13-2-4-20(26-18(13)10-16)27-22(31)28-7-5-14(6-8-28)21-17(24)9-15(11-25-21)19(30)12-29/h1-3,5,9-11,19,26,29-30H,6-8,12H2,(H,27,31)/t19-/m0/s1. The summed E-state index contributed by atoms with van der Waals surface area (Å²) in [5, 5.41) is 25.7. The van der Waals surface area contributed by atoms with Gasteiger partial charge in [0, 0.05) is 41.1 Å². The van der Waals surface area contributed by atoms with E-state index in [1.807, 2.05) is 12.1 Å². The smallest absolute Gasteiger partial charge is 0.323 e. The Kier molecular flexibility index (Phi) is 6.32. The zero-order valence-corrected chi connectivity index (χ0v) is 17.9. The Balaban J connectivity index is 1.40. The highest BCUT2D eigenvalue weighted by molar-refractivity contribution is 6.32. The van der Waals surface area contributed by atoms with E-state index in [2.05, 4.69) is 21.3 Å². The summed E-state index contributed by atoms with van der Waals surface area (Å²) in [6.07, 6.45) is 4.77. The zero-order valence-electron chi connectivity index (χ0n) is 16.4. The van der Waals surface area contributed by atoms with Crippen LogP contribution in [0.5, 0.6) is 0 Å². The summed E-state index contributed by atoms with van der Waals surface area (Å²) < 4.78 is 0. The molecule has 31 heavy (non-hydrogen) atoms. The maximum atomic E-state index is 12.7. The molecule has 0 radical (unpaired) electrons. The number of pyridine rings is 1. The first-order chi connectivity index (χ1) is 14.9. The Hall–Kier alpha value is -2.80. The average molecular weight is 459 g/mol. The Bertz CT molecular complexity index is 1130. The van der Waals surface area contributed by atoms with Gasteiger partial charge < -0.3 is 20.4 Å². The number of carbonyl (C=O) groups is 1. The lowest BCUT2D eigenvalue weighted by Crippen LogP contribution is -2.42. The molecule has 0 spiro atoms. The summed E-state index contributed by atoms with van der Waals surface area (Å²) >= 11 is 12.4. The molecule has 4 N–H and O–H groups in total. The van der Waals surface area contributed by atoms with Crippen LogP contribution < -0.4 is 10.6 Å². The van der Waals surface area contributed by atoms with Gasteiger partial charge in [-0.3, -0.25) is 10.3 Å². The predicted molar refractivity (Wildman–Crippen MR) is 121 cm³/mol. The highest BCUT2D eigenvalue weighted by Crippen LogP contribution is 2.29. The van der Waals surface area contributed by atoms with Crippen LogP contribution in [0.15, 0.2) is 48.1 Å². The molecule has 2 aliphatic heterocycles. The van der Waals surface area contributed by atoms with E-state index in [1.54, 1.807) is 29.2 Å². The number of hydrogen-bond acceptors (Lipinski definition) is 5. The number of rotatable bonds is 4. The monoisotopic (exact) mass is 458 g/mol. The number of fused-ring (bicyclic) bond motifs is 1. The number of aliphatic hydroxyl groups excluding tert-OH is 2. The molecule has 3 heterocycles. The van der Waals surface area contributed by atoms with Crippen molar-refractivity contribution in [1.29, 1.82) is 0 Å². The van der Waals surface area contributed by atoms with Crippen molar-refractivity contribution in [2.24, 2.45) is 0 Å². The third kappa shape index (κ3) is 4.77.